The number of para-hydroxylation sites is 2. The summed E-state index contributed by atoms with van der Waals surface area (Å²) in [5.41, 5.74) is 6.82. The molecule has 0 atom stereocenters. The van der Waals surface area contributed by atoms with Gasteiger partial charge in [0.2, 0.25) is 0 Å². The minimum atomic E-state index is -0.569. The predicted octanol–water partition coefficient (Wildman–Crippen LogP) is 3.45. The van der Waals surface area contributed by atoms with Crippen LogP contribution in [0.15, 0.2) is 46.9 Å². The van der Waals surface area contributed by atoms with E-state index in [2.05, 4.69) is 15.9 Å². The number of nitrogen functional groups attached to an aromatic ring is 1. The summed E-state index contributed by atoms with van der Waals surface area (Å²) in [4.78, 5) is 13.7. The van der Waals surface area contributed by atoms with E-state index >= 15 is 0 Å². The van der Waals surface area contributed by atoms with Crippen molar-refractivity contribution in [3.63, 3.8) is 0 Å². The molecule has 0 aromatic heterocycles. The molecule has 2 N–H and O–H groups in total. The lowest BCUT2D eigenvalue weighted by Gasteiger charge is -2.20. The molecule has 0 saturated carbocycles. The highest BCUT2D eigenvalue weighted by atomic mass is 79.9. The van der Waals surface area contributed by atoms with E-state index in [0.29, 0.717) is 15.8 Å². The lowest BCUT2D eigenvalue weighted by molar-refractivity contribution is 0.0988. The molecule has 0 aliphatic heterocycles. The molecule has 0 unspecified atom stereocenters. The van der Waals surface area contributed by atoms with E-state index in [1.54, 1.807) is 37.4 Å². The first kappa shape index (κ1) is 13.5. The quantitative estimate of drug-likeness (QED) is 0.861. The maximum absolute atomic E-state index is 13.8. The second-order valence-electron chi connectivity index (χ2n) is 4.02. The van der Waals surface area contributed by atoms with E-state index in [4.69, 9.17) is 5.73 Å². The van der Waals surface area contributed by atoms with Gasteiger partial charge in [0.1, 0.15) is 5.82 Å². The van der Waals surface area contributed by atoms with Crippen molar-refractivity contribution in [3.8, 4) is 0 Å². The highest BCUT2D eigenvalue weighted by Gasteiger charge is 2.21. The van der Waals surface area contributed by atoms with Crippen molar-refractivity contribution in [2.75, 3.05) is 17.7 Å². The number of benzene rings is 2. The van der Waals surface area contributed by atoms with Crippen LogP contribution in [-0.2, 0) is 0 Å². The fourth-order valence-electron chi connectivity index (χ4n) is 1.77. The Labute approximate surface area is 119 Å². The summed E-state index contributed by atoms with van der Waals surface area (Å²) in [7, 11) is 1.56. The molecule has 0 aliphatic rings. The smallest absolute Gasteiger partial charge is 0.262 e. The van der Waals surface area contributed by atoms with Crippen molar-refractivity contribution in [1.29, 1.82) is 0 Å². The molecule has 5 heteroatoms. The average molecular weight is 323 g/mol. The summed E-state index contributed by atoms with van der Waals surface area (Å²) in [5.74, 6) is -1.02. The average Bonchev–Trinajstić information content (AvgIpc) is 2.38. The van der Waals surface area contributed by atoms with Crippen LogP contribution in [0.1, 0.15) is 10.4 Å². The molecule has 2 aromatic rings. The van der Waals surface area contributed by atoms with E-state index in [1.807, 2.05) is 0 Å². The summed E-state index contributed by atoms with van der Waals surface area (Å²) < 4.78 is 14.2. The van der Waals surface area contributed by atoms with Crippen molar-refractivity contribution in [2.24, 2.45) is 0 Å². The topological polar surface area (TPSA) is 46.3 Å². The normalized spacial score (nSPS) is 10.3. The Kier molecular flexibility index (Phi) is 3.85. The molecule has 0 fully saturated rings. The number of hydrogen-bond donors (Lipinski definition) is 1. The van der Waals surface area contributed by atoms with Gasteiger partial charge in [0.25, 0.3) is 5.91 Å². The lowest BCUT2D eigenvalue weighted by atomic mass is 10.1. The zero-order valence-electron chi connectivity index (χ0n) is 10.2. The fraction of sp³-hybridized carbons (Fsp3) is 0.0714. The molecule has 2 rings (SSSR count). The van der Waals surface area contributed by atoms with Gasteiger partial charge in [-0.3, -0.25) is 4.79 Å². The summed E-state index contributed by atoms with van der Waals surface area (Å²) in [6.07, 6.45) is 0. The van der Waals surface area contributed by atoms with Gasteiger partial charge in [-0.2, -0.15) is 0 Å². The van der Waals surface area contributed by atoms with E-state index in [-0.39, 0.29) is 5.56 Å². The molecule has 2 aromatic carbocycles. The Morgan fingerprint density at radius 1 is 1.21 bits per heavy atom. The minimum Gasteiger partial charge on any atom is -0.397 e. The van der Waals surface area contributed by atoms with Crippen LogP contribution in [0.2, 0.25) is 0 Å². The Hall–Kier alpha value is -1.88. The maximum atomic E-state index is 13.8. The van der Waals surface area contributed by atoms with Crippen molar-refractivity contribution >= 4 is 33.2 Å². The van der Waals surface area contributed by atoms with Gasteiger partial charge in [0, 0.05) is 11.5 Å². The molecular formula is C14H12BrFN2O. The van der Waals surface area contributed by atoms with Crippen LogP contribution in [0, 0.1) is 5.82 Å². The molecule has 0 spiro atoms. The van der Waals surface area contributed by atoms with Gasteiger partial charge in [-0.1, -0.05) is 18.2 Å². The molecule has 1 amide bonds. The first-order chi connectivity index (χ1) is 9.02. The third kappa shape index (κ3) is 2.61. The van der Waals surface area contributed by atoms with Crippen molar-refractivity contribution < 1.29 is 9.18 Å². The van der Waals surface area contributed by atoms with Gasteiger partial charge in [0.15, 0.2) is 0 Å². The van der Waals surface area contributed by atoms with Crippen LogP contribution < -0.4 is 10.6 Å². The highest BCUT2D eigenvalue weighted by Crippen LogP contribution is 2.26. The van der Waals surface area contributed by atoms with E-state index in [0.717, 1.165) is 0 Å². The van der Waals surface area contributed by atoms with Crippen LogP contribution in [0.3, 0.4) is 0 Å². The summed E-state index contributed by atoms with van der Waals surface area (Å²) in [6.45, 7) is 0. The third-order valence-corrected chi connectivity index (χ3v) is 3.44. The number of amides is 1. The van der Waals surface area contributed by atoms with Gasteiger partial charge in [-0.15, -0.1) is 0 Å². The van der Waals surface area contributed by atoms with Crippen molar-refractivity contribution in [3.05, 3.63) is 58.3 Å². The SMILES string of the molecule is CN(C(=O)c1c(F)cccc1Br)c1ccccc1N. The number of anilines is 2. The Balaban J connectivity index is 2.43. The van der Waals surface area contributed by atoms with Gasteiger partial charge in [0.05, 0.1) is 16.9 Å². The van der Waals surface area contributed by atoms with E-state index in [1.165, 1.54) is 17.0 Å². The molecule has 98 valence electrons. The zero-order chi connectivity index (χ0) is 14.0. The summed E-state index contributed by atoms with van der Waals surface area (Å²) in [6, 6.07) is 11.4. The number of hydrogen-bond acceptors (Lipinski definition) is 2. The number of carbonyl (C=O) groups is 1. The van der Waals surface area contributed by atoms with Crippen LogP contribution >= 0.6 is 15.9 Å². The van der Waals surface area contributed by atoms with Crippen molar-refractivity contribution in [2.45, 2.75) is 0 Å². The first-order valence-corrected chi connectivity index (χ1v) is 6.38. The standard InChI is InChI=1S/C14H12BrFN2O/c1-18(12-8-3-2-7-11(12)17)14(19)13-9(15)5-4-6-10(13)16/h2-8H,17H2,1H3. The number of nitrogens with two attached hydrogens (primary N) is 1. The van der Waals surface area contributed by atoms with Crippen LogP contribution in [0.25, 0.3) is 0 Å². The molecule has 0 radical (unpaired) electrons. The monoisotopic (exact) mass is 322 g/mol. The van der Waals surface area contributed by atoms with Crippen LogP contribution in [0.5, 0.6) is 0 Å². The minimum absolute atomic E-state index is 0.00625. The van der Waals surface area contributed by atoms with Crippen molar-refractivity contribution in [1.82, 2.24) is 0 Å². The molecule has 19 heavy (non-hydrogen) atoms. The van der Waals surface area contributed by atoms with Gasteiger partial charge < -0.3 is 10.6 Å². The Morgan fingerprint density at radius 3 is 2.53 bits per heavy atom. The van der Waals surface area contributed by atoms with Crippen LogP contribution in [-0.4, -0.2) is 13.0 Å². The molecule has 0 heterocycles. The summed E-state index contributed by atoms with van der Waals surface area (Å²) in [5, 5.41) is 0. The number of halogens is 2. The zero-order valence-corrected chi connectivity index (χ0v) is 11.8. The second-order valence-corrected chi connectivity index (χ2v) is 4.87. The van der Waals surface area contributed by atoms with Gasteiger partial charge in [-0.05, 0) is 40.2 Å². The van der Waals surface area contributed by atoms with Gasteiger partial charge >= 0.3 is 0 Å². The molecular weight excluding hydrogens is 311 g/mol. The largest absolute Gasteiger partial charge is 0.397 e. The fourth-order valence-corrected chi connectivity index (χ4v) is 2.28. The Morgan fingerprint density at radius 2 is 1.89 bits per heavy atom. The second kappa shape index (κ2) is 5.40. The maximum Gasteiger partial charge on any atom is 0.262 e. The highest BCUT2D eigenvalue weighted by molar-refractivity contribution is 9.10. The number of carbonyl (C=O) groups excluding carboxylic acids is 1. The molecule has 0 aliphatic carbocycles. The van der Waals surface area contributed by atoms with E-state index in [9.17, 15) is 9.18 Å². The third-order valence-electron chi connectivity index (χ3n) is 2.78. The van der Waals surface area contributed by atoms with E-state index < -0.39 is 11.7 Å². The molecule has 0 saturated heterocycles. The number of nitrogens with zero attached hydrogens (tertiary/aromatic N) is 1. The molecule has 3 nitrogen and oxygen atoms in total. The number of rotatable bonds is 2. The summed E-state index contributed by atoms with van der Waals surface area (Å²) >= 11 is 3.19. The molecule has 0 bridgehead atoms. The predicted molar refractivity (Wildman–Crippen MR) is 77.7 cm³/mol. The first-order valence-electron chi connectivity index (χ1n) is 5.59. The van der Waals surface area contributed by atoms with Gasteiger partial charge in [-0.25, -0.2) is 4.39 Å². The lowest BCUT2D eigenvalue weighted by Crippen LogP contribution is -2.28. The Bertz CT molecular complexity index is 610. The van der Waals surface area contributed by atoms with Crippen LogP contribution in [0.4, 0.5) is 15.8 Å².